The van der Waals surface area contributed by atoms with Crippen LogP contribution < -0.4 is 0 Å². The van der Waals surface area contributed by atoms with Crippen LogP contribution in [-0.2, 0) is 4.43 Å². The van der Waals surface area contributed by atoms with E-state index in [0.717, 1.165) is 32.1 Å². The van der Waals surface area contributed by atoms with Gasteiger partial charge < -0.3 is 4.43 Å². The zero-order valence-electron chi connectivity index (χ0n) is 18.9. The first-order valence-electron chi connectivity index (χ1n) is 10.5. The maximum Gasteiger partial charge on any atom is 0.193 e. The van der Waals surface area contributed by atoms with Crippen molar-refractivity contribution in [1.82, 2.24) is 0 Å². The number of allylic oxidation sites excluding steroid dienone is 3. The molecule has 2 heteroatoms. The summed E-state index contributed by atoms with van der Waals surface area (Å²) in [5.74, 6) is 0.671. The van der Waals surface area contributed by atoms with Crippen molar-refractivity contribution in [3.8, 4) is 0 Å². The van der Waals surface area contributed by atoms with E-state index in [4.69, 9.17) is 4.43 Å². The molecule has 0 amide bonds. The number of rotatable bonds is 9. The first-order valence-corrected chi connectivity index (χ1v) is 13.4. The van der Waals surface area contributed by atoms with Crippen molar-refractivity contribution in [3.05, 3.63) is 36.0 Å². The quantitative estimate of drug-likeness (QED) is 0.224. The van der Waals surface area contributed by atoms with Gasteiger partial charge in [0.2, 0.25) is 0 Å². The zero-order chi connectivity index (χ0) is 20.2. The van der Waals surface area contributed by atoms with Crippen LogP contribution >= 0.6 is 0 Å². The molecule has 1 rings (SSSR count). The summed E-state index contributed by atoms with van der Waals surface area (Å²) in [7, 11) is -1.84. The summed E-state index contributed by atoms with van der Waals surface area (Å²) >= 11 is 0. The maximum atomic E-state index is 7.20. The minimum Gasteiger partial charge on any atom is -0.408 e. The van der Waals surface area contributed by atoms with Gasteiger partial charge in [0.1, 0.15) is 0 Å². The fourth-order valence-corrected chi connectivity index (χ4v) is 5.56. The molecule has 0 radical (unpaired) electrons. The molecule has 0 aromatic carbocycles. The highest BCUT2D eigenvalue weighted by atomic mass is 28.4. The molecular formula is C24H44OSi. The predicted molar refractivity (Wildman–Crippen MR) is 120 cm³/mol. The Morgan fingerprint density at radius 2 is 1.96 bits per heavy atom. The highest BCUT2D eigenvalue weighted by Crippen LogP contribution is 2.49. The Morgan fingerprint density at radius 1 is 1.35 bits per heavy atom. The monoisotopic (exact) mass is 376 g/mol. The highest BCUT2D eigenvalue weighted by molar-refractivity contribution is 6.74. The molecule has 0 bridgehead atoms. The number of hydrogen-bond acceptors (Lipinski definition) is 1. The van der Waals surface area contributed by atoms with Crippen LogP contribution in [0, 0.1) is 5.92 Å². The SMILES string of the molecule is C=CCCC[C@@]1(O[Si](C)(C)C(C)(C)C)CC[C@H](C)C(CCC(=C)C)=C1C. The second-order valence-corrected chi connectivity index (χ2v) is 14.8. The second-order valence-electron chi connectivity index (χ2n) is 10.1. The van der Waals surface area contributed by atoms with Gasteiger partial charge in [-0.25, -0.2) is 0 Å². The van der Waals surface area contributed by atoms with E-state index < -0.39 is 8.32 Å². The van der Waals surface area contributed by atoms with Gasteiger partial charge >= 0.3 is 0 Å². The van der Waals surface area contributed by atoms with E-state index in [-0.39, 0.29) is 10.6 Å². The number of hydrogen-bond donors (Lipinski definition) is 0. The largest absolute Gasteiger partial charge is 0.408 e. The fraction of sp³-hybridized carbons (Fsp3) is 0.750. The van der Waals surface area contributed by atoms with Gasteiger partial charge in [0.15, 0.2) is 8.32 Å². The fourth-order valence-electron chi connectivity index (χ4n) is 3.92. The Hall–Kier alpha value is -0.603. The van der Waals surface area contributed by atoms with Crippen molar-refractivity contribution in [2.75, 3.05) is 0 Å². The Balaban J connectivity index is 3.29. The van der Waals surface area contributed by atoms with E-state index in [2.05, 4.69) is 67.8 Å². The van der Waals surface area contributed by atoms with Gasteiger partial charge in [0.25, 0.3) is 0 Å². The third-order valence-corrected chi connectivity index (χ3v) is 11.3. The first-order chi connectivity index (χ1) is 11.9. The van der Waals surface area contributed by atoms with Gasteiger partial charge in [-0.2, -0.15) is 0 Å². The third-order valence-electron chi connectivity index (χ3n) is 6.81. The van der Waals surface area contributed by atoms with E-state index in [1.165, 1.54) is 24.0 Å². The van der Waals surface area contributed by atoms with E-state index in [1.54, 1.807) is 5.57 Å². The molecule has 0 N–H and O–H groups in total. The number of unbranched alkanes of at least 4 members (excludes halogenated alkanes) is 1. The highest BCUT2D eigenvalue weighted by Gasteiger charge is 2.47. The van der Waals surface area contributed by atoms with Gasteiger partial charge in [0, 0.05) is 0 Å². The van der Waals surface area contributed by atoms with E-state index in [9.17, 15) is 0 Å². The van der Waals surface area contributed by atoms with Crippen molar-refractivity contribution in [2.45, 2.75) is 110 Å². The lowest BCUT2D eigenvalue weighted by atomic mass is 9.71. The summed E-state index contributed by atoms with van der Waals surface area (Å²) < 4.78 is 7.20. The maximum absolute atomic E-state index is 7.20. The third kappa shape index (κ3) is 5.69. The lowest BCUT2D eigenvalue weighted by molar-refractivity contribution is 0.0543. The summed E-state index contributed by atoms with van der Waals surface area (Å²) in [5, 5.41) is 0.236. The molecule has 0 aliphatic heterocycles. The van der Waals surface area contributed by atoms with Crippen molar-refractivity contribution < 1.29 is 4.43 Å². The molecule has 1 aliphatic carbocycles. The molecular weight excluding hydrogens is 332 g/mol. The minimum atomic E-state index is -1.84. The minimum absolute atomic E-state index is 0.0665. The van der Waals surface area contributed by atoms with E-state index in [1.807, 2.05) is 6.08 Å². The van der Waals surface area contributed by atoms with Crippen LogP contribution in [0.15, 0.2) is 36.0 Å². The molecule has 2 atom stereocenters. The molecule has 1 aliphatic rings. The molecule has 0 saturated carbocycles. The van der Waals surface area contributed by atoms with Crippen LogP contribution in [0.1, 0.15) is 86.5 Å². The van der Waals surface area contributed by atoms with Crippen LogP contribution in [0.2, 0.25) is 18.1 Å². The van der Waals surface area contributed by atoms with Crippen molar-refractivity contribution in [1.29, 1.82) is 0 Å². The summed E-state index contributed by atoms with van der Waals surface area (Å²) in [6.45, 7) is 26.8. The Kier molecular flexibility index (Phi) is 8.17. The Bertz CT molecular complexity index is 535. The molecule has 1 nitrogen and oxygen atoms in total. The standard InChI is InChI=1S/C24H44OSi/c1-11-12-13-17-24(25-26(9,10)23(6,7)8)18-16-20(4)22(21(24)5)15-14-19(2)3/h11,20H,1-2,12-18H2,3-10H3/t20-,24+/m0/s1. The molecule has 0 spiro atoms. The van der Waals surface area contributed by atoms with E-state index in [0.29, 0.717) is 5.92 Å². The average Bonchev–Trinajstić information content (AvgIpc) is 2.49. The van der Waals surface area contributed by atoms with Crippen molar-refractivity contribution in [3.63, 3.8) is 0 Å². The predicted octanol–water partition coefficient (Wildman–Crippen LogP) is 8.21. The normalized spacial score (nSPS) is 24.7. The molecule has 0 heterocycles. The van der Waals surface area contributed by atoms with E-state index >= 15 is 0 Å². The summed E-state index contributed by atoms with van der Waals surface area (Å²) in [4.78, 5) is 0. The van der Waals surface area contributed by atoms with Gasteiger partial charge in [-0.1, -0.05) is 44.9 Å². The van der Waals surface area contributed by atoms with Gasteiger partial charge in [-0.05, 0) is 88.4 Å². The van der Waals surface area contributed by atoms with Crippen LogP contribution in [0.5, 0.6) is 0 Å². The van der Waals surface area contributed by atoms with Gasteiger partial charge in [-0.3, -0.25) is 0 Å². The zero-order valence-corrected chi connectivity index (χ0v) is 19.9. The second kappa shape index (κ2) is 9.06. The first kappa shape index (κ1) is 23.4. The molecule has 0 aromatic rings. The van der Waals surface area contributed by atoms with Crippen molar-refractivity contribution >= 4 is 8.32 Å². The van der Waals surface area contributed by atoms with Gasteiger partial charge in [-0.15, -0.1) is 13.2 Å². The average molecular weight is 377 g/mol. The van der Waals surface area contributed by atoms with Gasteiger partial charge in [0.05, 0.1) is 5.60 Å². The van der Waals surface area contributed by atoms with Crippen LogP contribution in [0.3, 0.4) is 0 Å². The lowest BCUT2D eigenvalue weighted by Crippen LogP contribution is -2.52. The van der Waals surface area contributed by atoms with Crippen LogP contribution in [0.4, 0.5) is 0 Å². The Morgan fingerprint density at radius 3 is 2.46 bits per heavy atom. The molecule has 0 unspecified atom stereocenters. The molecule has 26 heavy (non-hydrogen) atoms. The molecule has 0 fully saturated rings. The lowest BCUT2D eigenvalue weighted by Gasteiger charge is -2.50. The molecule has 150 valence electrons. The Labute approximate surface area is 165 Å². The summed E-state index contributed by atoms with van der Waals surface area (Å²) in [6, 6.07) is 0. The van der Waals surface area contributed by atoms with Crippen LogP contribution in [0.25, 0.3) is 0 Å². The summed E-state index contributed by atoms with van der Waals surface area (Å²) in [6.07, 6.45) is 10.1. The van der Waals surface area contributed by atoms with Crippen molar-refractivity contribution in [2.24, 2.45) is 5.92 Å². The molecule has 0 aromatic heterocycles. The smallest absolute Gasteiger partial charge is 0.193 e. The summed E-state index contributed by atoms with van der Waals surface area (Å²) in [5.41, 5.74) is 4.39. The topological polar surface area (TPSA) is 9.23 Å². The van der Waals surface area contributed by atoms with Crippen LogP contribution in [-0.4, -0.2) is 13.9 Å². The molecule has 0 saturated heterocycles.